The average molecular weight is 268 g/mol. The van der Waals surface area contributed by atoms with Crippen molar-refractivity contribution in [2.24, 2.45) is 0 Å². The second kappa shape index (κ2) is 5.70. The Bertz CT molecular complexity index is 328. The standard InChI is InChI=1S/C15H28N2O2/c1-4-11-15(5-2)13(18)16(3)14(19)17(15)12-9-7-6-8-10-12/h12-13,18H,4-11H2,1-3H3/t13-,15?/m1/s1. The van der Waals surface area contributed by atoms with Gasteiger partial charge in [-0.3, -0.25) is 4.90 Å². The van der Waals surface area contributed by atoms with E-state index in [-0.39, 0.29) is 11.6 Å². The molecule has 2 rings (SSSR count). The third-order valence-corrected chi connectivity index (χ3v) is 5.07. The van der Waals surface area contributed by atoms with Gasteiger partial charge in [0.2, 0.25) is 0 Å². The van der Waals surface area contributed by atoms with Crippen LogP contribution in [-0.4, -0.2) is 45.8 Å². The number of aliphatic hydroxyl groups is 1. The molecular formula is C15H28N2O2. The van der Waals surface area contributed by atoms with E-state index in [1.165, 1.54) is 24.2 Å². The highest BCUT2D eigenvalue weighted by atomic mass is 16.3. The lowest BCUT2D eigenvalue weighted by molar-refractivity contribution is -0.0367. The predicted molar refractivity (Wildman–Crippen MR) is 75.8 cm³/mol. The van der Waals surface area contributed by atoms with Crippen LogP contribution in [0.3, 0.4) is 0 Å². The molecule has 1 saturated carbocycles. The van der Waals surface area contributed by atoms with Gasteiger partial charge in [-0.05, 0) is 25.7 Å². The molecule has 0 aromatic heterocycles. The molecule has 2 fully saturated rings. The Morgan fingerprint density at radius 3 is 2.42 bits per heavy atom. The maximum Gasteiger partial charge on any atom is 0.322 e. The molecule has 1 unspecified atom stereocenters. The molecule has 1 N–H and O–H groups in total. The Labute approximate surface area is 116 Å². The van der Waals surface area contributed by atoms with Crippen LogP contribution in [0.25, 0.3) is 0 Å². The fourth-order valence-corrected chi connectivity index (χ4v) is 4.02. The first-order chi connectivity index (χ1) is 9.08. The van der Waals surface area contributed by atoms with Crippen LogP contribution in [0.5, 0.6) is 0 Å². The zero-order valence-corrected chi connectivity index (χ0v) is 12.6. The first-order valence-electron chi connectivity index (χ1n) is 7.82. The molecule has 2 atom stereocenters. The lowest BCUT2D eigenvalue weighted by Crippen LogP contribution is -2.55. The van der Waals surface area contributed by atoms with Gasteiger partial charge < -0.3 is 10.0 Å². The van der Waals surface area contributed by atoms with Crippen molar-refractivity contribution in [2.45, 2.75) is 83.0 Å². The highest BCUT2D eigenvalue weighted by molar-refractivity contribution is 5.78. The van der Waals surface area contributed by atoms with Gasteiger partial charge in [0.15, 0.2) is 6.23 Å². The quantitative estimate of drug-likeness (QED) is 0.852. The third kappa shape index (κ3) is 2.24. The topological polar surface area (TPSA) is 43.8 Å². The number of likely N-dealkylation sites (N-methyl/N-ethyl adjacent to an activating group) is 1. The third-order valence-electron chi connectivity index (χ3n) is 5.07. The molecule has 1 saturated heterocycles. The van der Waals surface area contributed by atoms with Gasteiger partial charge in [-0.15, -0.1) is 0 Å². The molecule has 19 heavy (non-hydrogen) atoms. The molecule has 1 aliphatic carbocycles. The van der Waals surface area contributed by atoms with Crippen molar-refractivity contribution in [1.29, 1.82) is 0 Å². The SMILES string of the molecule is CCCC1(CC)[C@@H](O)N(C)C(=O)N1C1CCCCC1. The van der Waals surface area contributed by atoms with Crippen molar-refractivity contribution in [3.05, 3.63) is 0 Å². The minimum absolute atomic E-state index is 0.0229. The first-order valence-corrected chi connectivity index (χ1v) is 7.82. The highest BCUT2D eigenvalue weighted by Gasteiger charge is 2.55. The van der Waals surface area contributed by atoms with E-state index in [0.717, 1.165) is 32.1 Å². The van der Waals surface area contributed by atoms with E-state index in [2.05, 4.69) is 13.8 Å². The molecule has 4 heteroatoms. The minimum atomic E-state index is -0.660. The van der Waals surface area contributed by atoms with E-state index in [1.807, 2.05) is 4.90 Å². The molecule has 1 aliphatic heterocycles. The summed E-state index contributed by atoms with van der Waals surface area (Å²) in [6.07, 6.45) is 7.94. The van der Waals surface area contributed by atoms with Crippen molar-refractivity contribution in [3.8, 4) is 0 Å². The number of carbonyl (C=O) groups is 1. The number of hydrogen-bond acceptors (Lipinski definition) is 2. The Balaban J connectivity index is 2.31. The number of urea groups is 1. The van der Waals surface area contributed by atoms with Crippen LogP contribution in [-0.2, 0) is 0 Å². The van der Waals surface area contributed by atoms with Crippen molar-refractivity contribution in [1.82, 2.24) is 9.80 Å². The number of amides is 2. The summed E-state index contributed by atoms with van der Waals surface area (Å²) in [5, 5.41) is 10.6. The molecule has 110 valence electrons. The van der Waals surface area contributed by atoms with Crippen LogP contribution < -0.4 is 0 Å². The van der Waals surface area contributed by atoms with Gasteiger partial charge in [0.1, 0.15) is 0 Å². The molecule has 0 aromatic rings. The summed E-state index contributed by atoms with van der Waals surface area (Å²) in [7, 11) is 1.73. The lowest BCUT2D eigenvalue weighted by atomic mass is 9.84. The van der Waals surface area contributed by atoms with Gasteiger partial charge in [-0.25, -0.2) is 4.79 Å². The van der Waals surface area contributed by atoms with E-state index < -0.39 is 6.23 Å². The van der Waals surface area contributed by atoms with E-state index in [0.29, 0.717) is 6.04 Å². The summed E-state index contributed by atoms with van der Waals surface area (Å²) < 4.78 is 0. The Kier molecular flexibility index (Phi) is 4.39. The highest BCUT2D eigenvalue weighted by Crippen LogP contribution is 2.41. The number of hydrogen-bond donors (Lipinski definition) is 1. The molecule has 2 aliphatic rings. The monoisotopic (exact) mass is 268 g/mol. The molecular weight excluding hydrogens is 240 g/mol. The first kappa shape index (κ1) is 14.6. The minimum Gasteiger partial charge on any atom is -0.371 e. The van der Waals surface area contributed by atoms with Crippen LogP contribution in [0, 0.1) is 0 Å². The summed E-state index contributed by atoms with van der Waals surface area (Å²) >= 11 is 0. The lowest BCUT2D eigenvalue weighted by Gasteiger charge is -2.44. The van der Waals surface area contributed by atoms with E-state index in [9.17, 15) is 9.90 Å². The average Bonchev–Trinajstić information content (AvgIpc) is 2.62. The number of nitrogens with zero attached hydrogens (tertiary/aromatic N) is 2. The van der Waals surface area contributed by atoms with Crippen molar-refractivity contribution in [3.63, 3.8) is 0 Å². The Morgan fingerprint density at radius 2 is 1.89 bits per heavy atom. The summed E-state index contributed by atoms with van der Waals surface area (Å²) in [6.45, 7) is 4.23. The van der Waals surface area contributed by atoms with Gasteiger partial charge in [-0.2, -0.15) is 0 Å². The van der Waals surface area contributed by atoms with Crippen LogP contribution in [0.4, 0.5) is 4.79 Å². The van der Waals surface area contributed by atoms with Crippen LogP contribution in [0.15, 0.2) is 0 Å². The van der Waals surface area contributed by atoms with Crippen LogP contribution in [0.1, 0.15) is 65.2 Å². The van der Waals surface area contributed by atoms with Crippen molar-refractivity contribution >= 4 is 6.03 Å². The van der Waals surface area contributed by atoms with Crippen LogP contribution in [0.2, 0.25) is 0 Å². The molecule has 0 radical (unpaired) electrons. The molecule has 2 amide bonds. The van der Waals surface area contributed by atoms with Gasteiger partial charge in [0, 0.05) is 13.1 Å². The normalized spacial score (nSPS) is 33.3. The summed E-state index contributed by atoms with van der Waals surface area (Å²) in [4.78, 5) is 16.1. The van der Waals surface area contributed by atoms with E-state index >= 15 is 0 Å². The van der Waals surface area contributed by atoms with Gasteiger partial charge in [-0.1, -0.05) is 39.5 Å². The number of carbonyl (C=O) groups excluding carboxylic acids is 1. The summed E-state index contributed by atoms with van der Waals surface area (Å²) in [5.74, 6) is 0. The van der Waals surface area contributed by atoms with Crippen molar-refractivity contribution < 1.29 is 9.90 Å². The maximum atomic E-state index is 12.6. The smallest absolute Gasteiger partial charge is 0.322 e. The zero-order valence-electron chi connectivity index (χ0n) is 12.6. The molecule has 0 spiro atoms. The Morgan fingerprint density at radius 1 is 1.26 bits per heavy atom. The second-order valence-corrected chi connectivity index (χ2v) is 6.14. The van der Waals surface area contributed by atoms with Gasteiger partial charge >= 0.3 is 6.03 Å². The fourth-order valence-electron chi connectivity index (χ4n) is 4.02. The zero-order chi connectivity index (χ0) is 14.0. The fraction of sp³-hybridized carbons (Fsp3) is 0.933. The van der Waals surface area contributed by atoms with Gasteiger partial charge in [0.05, 0.1) is 5.54 Å². The number of rotatable bonds is 4. The second-order valence-electron chi connectivity index (χ2n) is 6.14. The maximum absolute atomic E-state index is 12.6. The summed E-state index contributed by atoms with van der Waals surface area (Å²) in [5.41, 5.74) is -0.372. The molecule has 0 aromatic carbocycles. The molecule has 4 nitrogen and oxygen atoms in total. The molecule has 0 bridgehead atoms. The largest absolute Gasteiger partial charge is 0.371 e. The Hall–Kier alpha value is -0.770. The predicted octanol–water partition coefficient (Wildman–Crippen LogP) is 2.95. The number of aliphatic hydroxyl groups excluding tert-OH is 1. The molecule has 1 heterocycles. The van der Waals surface area contributed by atoms with Gasteiger partial charge in [0.25, 0.3) is 0 Å². The van der Waals surface area contributed by atoms with Crippen LogP contribution >= 0.6 is 0 Å². The van der Waals surface area contributed by atoms with Crippen molar-refractivity contribution in [2.75, 3.05) is 7.05 Å². The van der Waals surface area contributed by atoms with E-state index in [4.69, 9.17) is 0 Å². The van der Waals surface area contributed by atoms with E-state index in [1.54, 1.807) is 7.05 Å². The summed E-state index contributed by atoms with van der Waals surface area (Å²) in [6, 6.07) is 0.349.